The average molecular weight is 635 g/mol. The fraction of sp³-hybridized carbons (Fsp3) is 0.115. The summed E-state index contributed by atoms with van der Waals surface area (Å²) in [6.07, 6.45) is 1.63. The number of carbonyl (C=O) groups is 3. The normalized spacial score (nSPS) is 14.3. The molecule has 0 aromatic heterocycles. The lowest BCUT2D eigenvalue weighted by Crippen LogP contribution is -2.27. The van der Waals surface area contributed by atoms with E-state index in [9.17, 15) is 14.4 Å². The third-order valence-electron chi connectivity index (χ3n) is 5.11. The predicted molar refractivity (Wildman–Crippen MR) is 149 cm³/mol. The molecule has 3 amide bonds. The van der Waals surface area contributed by atoms with E-state index in [2.05, 4.69) is 27.9 Å². The van der Waals surface area contributed by atoms with Gasteiger partial charge < -0.3 is 14.8 Å². The van der Waals surface area contributed by atoms with E-state index in [0.717, 1.165) is 11.8 Å². The van der Waals surface area contributed by atoms with E-state index in [1.165, 1.54) is 12.0 Å². The van der Waals surface area contributed by atoms with Crippen molar-refractivity contribution in [3.63, 3.8) is 0 Å². The molecule has 1 N–H and O–H groups in total. The second-order valence-electron chi connectivity index (χ2n) is 7.60. The van der Waals surface area contributed by atoms with Gasteiger partial charge in [0.05, 0.1) is 22.1 Å². The van der Waals surface area contributed by atoms with Crippen LogP contribution in [0.3, 0.4) is 0 Å². The Kier molecular flexibility index (Phi) is 8.55. The maximum atomic E-state index is 12.9. The number of nitrogens with zero attached hydrogens (tertiary/aromatic N) is 1. The number of thioether (sulfide) groups is 1. The second kappa shape index (κ2) is 11.8. The van der Waals surface area contributed by atoms with Gasteiger partial charge in [-0.05, 0) is 81.9 Å². The molecule has 3 aromatic carbocycles. The third kappa shape index (κ3) is 6.21. The van der Waals surface area contributed by atoms with Crippen LogP contribution in [0.15, 0.2) is 71.6 Å². The molecule has 0 bridgehead atoms. The summed E-state index contributed by atoms with van der Waals surface area (Å²) in [5.41, 5.74) is 2.02. The third-order valence-corrected chi connectivity index (χ3v) is 7.19. The second-order valence-corrected chi connectivity index (χ2v) is 10.2. The van der Waals surface area contributed by atoms with Crippen LogP contribution in [0.5, 0.6) is 11.5 Å². The summed E-state index contributed by atoms with van der Waals surface area (Å²) in [4.78, 5) is 39.2. The molecule has 0 aliphatic carbocycles. The number of nitrogens with one attached hydrogen (secondary N) is 1. The first kappa shape index (κ1) is 26.1. The molecule has 0 saturated carbocycles. The van der Waals surface area contributed by atoms with Crippen LogP contribution in [0.25, 0.3) is 6.08 Å². The van der Waals surface area contributed by atoms with Crippen molar-refractivity contribution >= 4 is 74.8 Å². The summed E-state index contributed by atoms with van der Waals surface area (Å²) in [6, 6.07) is 19.7. The molecule has 184 valence electrons. The van der Waals surface area contributed by atoms with E-state index in [-0.39, 0.29) is 24.3 Å². The Balaban J connectivity index is 1.48. The molecule has 0 radical (unpaired) electrons. The zero-order valence-electron chi connectivity index (χ0n) is 19.0. The number of methoxy groups -OCH3 is 1. The highest BCUT2D eigenvalue weighted by molar-refractivity contribution is 14.1. The van der Waals surface area contributed by atoms with Crippen molar-refractivity contribution in [2.24, 2.45) is 0 Å². The van der Waals surface area contributed by atoms with Gasteiger partial charge in [0, 0.05) is 10.7 Å². The molecule has 7 nitrogen and oxygen atoms in total. The molecule has 0 unspecified atom stereocenters. The molecular weight excluding hydrogens is 615 g/mol. The predicted octanol–water partition coefficient (Wildman–Crippen LogP) is 6.21. The number of halogens is 2. The van der Waals surface area contributed by atoms with E-state index in [1.807, 2.05) is 18.2 Å². The first-order valence-corrected chi connectivity index (χ1v) is 13.0. The molecule has 3 aromatic rings. The van der Waals surface area contributed by atoms with Crippen LogP contribution in [0.2, 0.25) is 5.02 Å². The molecule has 4 rings (SSSR count). The Morgan fingerprint density at radius 2 is 1.83 bits per heavy atom. The Hall–Kier alpha value is -3.02. The average Bonchev–Trinajstić information content (AvgIpc) is 3.12. The number of benzene rings is 3. The highest BCUT2D eigenvalue weighted by Crippen LogP contribution is 2.38. The van der Waals surface area contributed by atoms with Gasteiger partial charge in [0.25, 0.3) is 17.1 Å². The summed E-state index contributed by atoms with van der Waals surface area (Å²) in [5.74, 6) is 0.105. The van der Waals surface area contributed by atoms with Crippen LogP contribution in [-0.2, 0) is 16.1 Å². The van der Waals surface area contributed by atoms with Crippen LogP contribution >= 0.6 is 46.0 Å². The van der Waals surface area contributed by atoms with Gasteiger partial charge in [-0.1, -0.05) is 48.0 Å². The van der Waals surface area contributed by atoms with Gasteiger partial charge in [-0.2, -0.15) is 0 Å². The van der Waals surface area contributed by atoms with Crippen molar-refractivity contribution in [1.29, 1.82) is 0 Å². The van der Waals surface area contributed by atoms with Crippen LogP contribution < -0.4 is 14.8 Å². The molecule has 1 aliphatic heterocycles. The molecule has 1 fully saturated rings. The minimum atomic E-state index is -0.392. The SMILES string of the molecule is COc1cc(/C=C2\SC(=O)N(Cc3ccccc3Cl)C2=O)cc(I)c1OCC(=O)Nc1ccccc1. The van der Waals surface area contributed by atoms with Crippen molar-refractivity contribution in [3.8, 4) is 11.5 Å². The number of para-hydroxylation sites is 1. The number of amides is 3. The van der Waals surface area contributed by atoms with Gasteiger partial charge in [-0.3, -0.25) is 19.3 Å². The number of imide groups is 1. The maximum Gasteiger partial charge on any atom is 0.293 e. The van der Waals surface area contributed by atoms with E-state index >= 15 is 0 Å². The summed E-state index contributed by atoms with van der Waals surface area (Å²) in [5, 5.41) is 2.89. The molecule has 0 atom stereocenters. The smallest absolute Gasteiger partial charge is 0.293 e. The van der Waals surface area contributed by atoms with Crippen LogP contribution in [0.4, 0.5) is 10.5 Å². The molecule has 36 heavy (non-hydrogen) atoms. The summed E-state index contributed by atoms with van der Waals surface area (Å²) in [6.45, 7) is -0.109. The first-order valence-electron chi connectivity index (χ1n) is 10.7. The van der Waals surface area contributed by atoms with Gasteiger partial charge >= 0.3 is 0 Å². The maximum absolute atomic E-state index is 12.9. The van der Waals surface area contributed by atoms with Crippen molar-refractivity contribution in [1.82, 2.24) is 4.90 Å². The van der Waals surface area contributed by atoms with Crippen LogP contribution in [0.1, 0.15) is 11.1 Å². The zero-order chi connectivity index (χ0) is 25.7. The van der Waals surface area contributed by atoms with E-state index < -0.39 is 5.91 Å². The van der Waals surface area contributed by atoms with Crippen molar-refractivity contribution < 1.29 is 23.9 Å². The quantitative estimate of drug-likeness (QED) is 0.235. The Bertz CT molecular complexity index is 1350. The Morgan fingerprint density at radius 3 is 2.56 bits per heavy atom. The van der Waals surface area contributed by atoms with Crippen LogP contribution in [-0.4, -0.2) is 35.7 Å². The Labute approximate surface area is 230 Å². The number of ether oxygens (including phenoxy) is 2. The van der Waals surface area contributed by atoms with Crippen LogP contribution in [0, 0.1) is 3.57 Å². The van der Waals surface area contributed by atoms with Crippen molar-refractivity contribution in [2.45, 2.75) is 6.54 Å². The summed E-state index contributed by atoms with van der Waals surface area (Å²) in [7, 11) is 1.49. The van der Waals surface area contributed by atoms with Crippen molar-refractivity contribution in [3.05, 3.63) is 91.4 Å². The number of hydrogen-bond acceptors (Lipinski definition) is 6. The van der Waals surface area contributed by atoms with Gasteiger partial charge in [-0.15, -0.1) is 0 Å². The van der Waals surface area contributed by atoms with Gasteiger partial charge in [0.1, 0.15) is 0 Å². The topological polar surface area (TPSA) is 84.9 Å². The molecule has 1 aliphatic rings. The summed E-state index contributed by atoms with van der Waals surface area (Å²) >= 11 is 9.14. The molecule has 1 heterocycles. The molecule has 0 spiro atoms. The zero-order valence-corrected chi connectivity index (χ0v) is 22.7. The fourth-order valence-electron chi connectivity index (χ4n) is 3.40. The largest absolute Gasteiger partial charge is 0.493 e. The number of carbonyl (C=O) groups excluding carboxylic acids is 3. The van der Waals surface area contributed by atoms with Crippen molar-refractivity contribution in [2.75, 3.05) is 19.0 Å². The lowest BCUT2D eigenvalue weighted by molar-refractivity contribution is -0.123. The Morgan fingerprint density at radius 1 is 1.11 bits per heavy atom. The monoisotopic (exact) mass is 634 g/mol. The molecular formula is C26H20ClIN2O5S. The molecule has 10 heteroatoms. The lowest BCUT2D eigenvalue weighted by Gasteiger charge is -2.14. The van der Waals surface area contributed by atoms with Gasteiger partial charge in [0.2, 0.25) is 0 Å². The first-order chi connectivity index (χ1) is 17.4. The van der Waals surface area contributed by atoms with E-state index in [1.54, 1.807) is 54.6 Å². The minimum absolute atomic E-state index is 0.0976. The summed E-state index contributed by atoms with van der Waals surface area (Å²) < 4.78 is 11.9. The number of rotatable bonds is 8. The standard InChI is InChI=1S/C26H20ClIN2O5S/c1-34-21-12-16(11-20(28)24(21)35-15-23(31)29-18-8-3-2-4-9-18)13-22-25(32)30(26(33)36-22)14-17-7-5-6-10-19(17)27/h2-13H,14-15H2,1H3,(H,29,31)/b22-13-. The van der Waals surface area contributed by atoms with E-state index in [0.29, 0.717) is 41.8 Å². The molecule has 1 saturated heterocycles. The highest BCUT2D eigenvalue weighted by Gasteiger charge is 2.35. The number of hydrogen-bond donors (Lipinski definition) is 1. The lowest BCUT2D eigenvalue weighted by atomic mass is 10.1. The minimum Gasteiger partial charge on any atom is -0.493 e. The van der Waals surface area contributed by atoms with Gasteiger partial charge in [0.15, 0.2) is 18.1 Å². The van der Waals surface area contributed by atoms with Gasteiger partial charge in [-0.25, -0.2) is 0 Å². The highest BCUT2D eigenvalue weighted by atomic mass is 127. The fourth-order valence-corrected chi connectivity index (χ4v) is 5.22. The van der Waals surface area contributed by atoms with E-state index in [4.69, 9.17) is 21.1 Å². The number of anilines is 1.